The van der Waals surface area contributed by atoms with Crippen LogP contribution < -0.4 is 4.90 Å². The molecule has 6 rings (SSSR count). The Bertz CT molecular complexity index is 1430. The maximum Gasteiger partial charge on any atom is 0.241 e. The van der Waals surface area contributed by atoms with Crippen LogP contribution in [-0.4, -0.2) is 29.0 Å². The van der Waals surface area contributed by atoms with Crippen molar-refractivity contribution in [3.8, 4) is 0 Å². The van der Waals surface area contributed by atoms with Gasteiger partial charge in [-0.05, 0) is 54.8 Å². The molecule has 0 bridgehead atoms. The first kappa shape index (κ1) is 21.6. The van der Waals surface area contributed by atoms with Gasteiger partial charge in [0.25, 0.3) is 0 Å². The number of halogens is 1. The number of Topliss-reactive ketones (excluding diaryl/α,β-unsaturated/α-hetero) is 2. The lowest BCUT2D eigenvalue weighted by Crippen LogP contribution is -2.51. The van der Waals surface area contributed by atoms with Crippen molar-refractivity contribution in [1.82, 2.24) is 0 Å². The predicted octanol–water partition coefficient (Wildman–Crippen LogP) is 4.14. The lowest BCUT2D eigenvalue weighted by atomic mass is 9.77. The number of hydrogen-bond acceptors (Lipinski definition) is 5. The highest BCUT2D eigenvalue weighted by atomic mass is 19.1. The smallest absolute Gasteiger partial charge is 0.241 e. The van der Waals surface area contributed by atoms with Crippen molar-refractivity contribution >= 4 is 29.1 Å². The number of ketones is 2. The van der Waals surface area contributed by atoms with Gasteiger partial charge in [-0.25, -0.2) is 9.29 Å². The Morgan fingerprint density at radius 1 is 0.800 bits per heavy atom. The van der Waals surface area contributed by atoms with Crippen LogP contribution in [0.4, 0.5) is 10.1 Å². The van der Waals surface area contributed by atoms with Crippen molar-refractivity contribution < 1.29 is 28.3 Å². The summed E-state index contributed by atoms with van der Waals surface area (Å²) in [6, 6.07) is 16.9. The van der Waals surface area contributed by atoms with Crippen LogP contribution >= 0.6 is 0 Å². The Hall–Kier alpha value is -3.97. The highest BCUT2D eigenvalue weighted by molar-refractivity contribution is 6.37. The van der Waals surface area contributed by atoms with Gasteiger partial charge in [-0.15, -0.1) is 0 Å². The van der Waals surface area contributed by atoms with E-state index in [0.29, 0.717) is 11.3 Å². The average molecular weight is 469 g/mol. The summed E-state index contributed by atoms with van der Waals surface area (Å²) < 4.78 is 19.8. The molecule has 2 heterocycles. The summed E-state index contributed by atoms with van der Waals surface area (Å²) in [5, 5.41) is 0. The molecule has 3 aromatic carbocycles. The minimum Gasteiger partial charge on any atom is -0.349 e. The standard InChI is InChI=1S/C28H20FNO5/c1-14-7-12-18(13-15(14)2)30-26(33)21-22(27(30)34)28(35-23(21)16-8-10-17(29)11-9-16)24(31)19-5-3-4-6-20(19)25(28)32/h3-13,21-23H,1-2H3/t21-,22-,23+/m0/s1. The second-order valence-corrected chi connectivity index (χ2v) is 9.31. The molecule has 0 radical (unpaired) electrons. The number of imide groups is 1. The second kappa shape index (κ2) is 7.26. The Morgan fingerprint density at radius 2 is 1.43 bits per heavy atom. The molecule has 3 aromatic rings. The van der Waals surface area contributed by atoms with Crippen molar-refractivity contribution in [1.29, 1.82) is 0 Å². The molecule has 3 atom stereocenters. The summed E-state index contributed by atoms with van der Waals surface area (Å²) in [6.07, 6.45) is -1.07. The summed E-state index contributed by atoms with van der Waals surface area (Å²) in [7, 11) is 0. The van der Waals surface area contributed by atoms with Crippen LogP contribution in [-0.2, 0) is 14.3 Å². The Labute approximate surface area is 200 Å². The number of aryl methyl sites for hydroxylation is 2. The molecular formula is C28H20FNO5. The van der Waals surface area contributed by atoms with Gasteiger partial charge in [-0.2, -0.15) is 0 Å². The maximum absolute atomic E-state index is 13.9. The van der Waals surface area contributed by atoms with E-state index in [-0.39, 0.29) is 11.1 Å². The molecule has 0 unspecified atom stereocenters. The molecule has 6 nitrogen and oxygen atoms in total. The third-order valence-corrected chi connectivity index (χ3v) is 7.47. The van der Waals surface area contributed by atoms with E-state index in [1.54, 1.807) is 24.3 Å². The van der Waals surface area contributed by atoms with E-state index in [4.69, 9.17) is 4.74 Å². The first-order valence-electron chi connectivity index (χ1n) is 11.3. The zero-order chi connectivity index (χ0) is 24.6. The molecule has 1 spiro atoms. The van der Waals surface area contributed by atoms with Crippen molar-refractivity contribution in [2.24, 2.45) is 11.8 Å². The van der Waals surface area contributed by atoms with E-state index < -0.39 is 52.7 Å². The van der Waals surface area contributed by atoms with Crippen molar-refractivity contribution in [3.05, 3.63) is 100 Å². The number of anilines is 1. The molecule has 3 aliphatic rings. The number of benzene rings is 3. The molecule has 0 aromatic heterocycles. The fourth-order valence-electron chi connectivity index (χ4n) is 5.59. The molecule has 1 aliphatic carbocycles. The molecule has 35 heavy (non-hydrogen) atoms. The maximum atomic E-state index is 13.9. The van der Waals surface area contributed by atoms with E-state index in [0.717, 1.165) is 16.0 Å². The van der Waals surface area contributed by atoms with E-state index in [2.05, 4.69) is 0 Å². The summed E-state index contributed by atoms with van der Waals surface area (Å²) >= 11 is 0. The third kappa shape index (κ3) is 2.73. The second-order valence-electron chi connectivity index (χ2n) is 9.31. The van der Waals surface area contributed by atoms with E-state index in [1.807, 2.05) is 19.9 Å². The number of carbonyl (C=O) groups is 4. The number of rotatable bonds is 2. The van der Waals surface area contributed by atoms with Crippen LogP contribution in [0.1, 0.15) is 43.5 Å². The quantitative estimate of drug-likeness (QED) is 0.416. The molecule has 2 amide bonds. The normalized spacial score (nSPS) is 24.4. The number of hydrogen-bond donors (Lipinski definition) is 0. The SMILES string of the molecule is Cc1ccc(N2C(=O)[C@@H]3[C@@H](c4ccc(F)cc4)OC4(C(=O)c5ccccc5C4=O)[C@@H]3C2=O)cc1C. The number of nitrogens with zero attached hydrogens (tertiary/aromatic N) is 1. The van der Waals surface area contributed by atoms with Crippen LogP contribution in [0, 0.1) is 31.5 Å². The van der Waals surface area contributed by atoms with Crippen molar-refractivity contribution in [2.45, 2.75) is 25.6 Å². The molecule has 174 valence electrons. The monoisotopic (exact) mass is 469 g/mol. The van der Waals surface area contributed by atoms with E-state index in [1.165, 1.54) is 36.4 Å². The van der Waals surface area contributed by atoms with Gasteiger partial charge in [0.1, 0.15) is 5.82 Å². The van der Waals surface area contributed by atoms with E-state index in [9.17, 15) is 23.6 Å². The lowest BCUT2D eigenvalue weighted by molar-refractivity contribution is -0.127. The first-order valence-corrected chi connectivity index (χ1v) is 11.3. The molecule has 2 saturated heterocycles. The summed E-state index contributed by atoms with van der Waals surface area (Å²) in [5.74, 6) is -5.38. The zero-order valence-electron chi connectivity index (χ0n) is 18.9. The van der Waals surface area contributed by atoms with Gasteiger partial charge in [0.2, 0.25) is 29.0 Å². The molecule has 0 saturated carbocycles. The number of ether oxygens (including phenoxy) is 1. The Kier molecular flexibility index (Phi) is 4.47. The first-order chi connectivity index (χ1) is 16.8. The van der Waals surface area contributed by atoms with Crippen LogP contribution in [0.3, 0.4) is 0 Å². The molecule has 7 heteroatoms. The fourth-order valence-corrected chi connectivity index (χ4v) is 5.59. The lowest BCUT2D eigenvalue weighted by Gasteiger charge is -2.27. The van der Waals surface area contributed by atoms with Gasteiger partial charge in [0.15, 0.2) is 0 Å². The molecule has 2 aliphatic heterocycles. The van der Waals surface area contributed by atoms with Crippen LogP contribution in [0.5, 0.6) is 0 Å². The van der Waals surface area contributed by atoms with Gasteiger partial charge in [-0.1, -0.05) is 42.5 Å². The van der Waals surface area contributed by atoms with Crippen LogP contribution in [0.15, 0.2) is 66.7 Å². The van der Waals surface area contributed by atoms with Gasteiger partial charge < -0.3 is 4.74 Å². The minimum absolute atomic E-state index is 0.167. The Morgan fingerprint density at radius 3 is 2.03 bits per heavy atom. The van der Waals surface area contributed by atoms with Crippen LogP contribution in [0.25, 0.3) is 0 Å². The van der Waals surface area contributed by atoms with Gasteiger partial charge >= 0.3 is 0 Å². The summed E-state index contributed by atoms with van der Waals surface area (Å²) in [4.78, 5) is 56.2. The van der Waals surface area contributed by atoms with Gasteiger partial charge in [0, 0.05) is 11.1 Å². The third-order valence-electron chi connectivity index (χ3n) is 7.47. The summed E-state index contributed by atoms with van der Waals surface area (Å²) in [6.45, 7) is 3.79. The molecule has 2 fully saturated rings. The number of carbonyl (C=O) groups excluding carboxylic acids is 4. The largest absolute Gasteiger partial charge is 0.349 e. The predicted molar refractivity (Wildman–Crippen MR) is 123 cm³/mol. The molecule has 0 N–H and O–H groups in total. The van der Waals surface area contributed by atoms with Crippen molar-refractivity contribution in [3.63, 3.8) is 0 Å². The number of fused-ring (bicyclic) bond motifs is 3. The van der Waals surface area contributed by atoms with Gasteiger partial charge in [0.05, 0.1) is 23.6 Å². The number of amides is 2. The minimum atomic E-state index is -2.14. The fraction of sp³-hybridized carbons (Fsp3) is 0.214. The molecular weight excluding hydrogens is 449 g/mol. The highest BCUT2D eigenvalue weighted by Crippen LogP contribution is 2.57. The van der Waals surface area contributed by atoms with Crippen LogP contribution in [0.2, 0.25) is 0 Å². The zero-order valence-corrected chi connectivity index (χ0v) is 18.9. The Balaban J connectivity index is 1.54. The topological polar surface area (TPSA) is 80.8 Å². The summed E-state index contributed by atoms with van der Waals surface area (Å²) in [5.41, 5.74) is 0.866. The average Bonchev–Trinajstić information content (AvgIpc) is 3.41. The van der Waals surface area contributed by atoms with Crippen molar-refractivity contribution in [2.75, 3.05) is 4.90 Å². The van der Waals surface area contributed by atoms with Gasteiger partial charge in [-0.3, -0.25) is 19.2 Å². The van der Waals surface area contributed by atoms with E-state index >= 15 is 0 Å². The highest BCUT2D eigenvalue weighted by Gasteiger charge is 2.74.